The maximum Gasteiger partial charge on any atom is 0.170 e. The molecule has 0 aromatic heterocycles. The summed E-state index contributed by atoms with van der Waals surface area (Å²) < 4.78 is 1.25. The number of ketones is 2. The summed E-state index contributed by atoms with van der Waals surface area (Å²) in [4.78, 5) is 22.8. The second-order valence-corrected chi connectivity index (χ2v) is 5.32. The van der Waals surface area contributed by atoms with Crippen molar-refractivity contribution in [1.29, 1.82) is 0 Å². The molecule has 0 aliphatic heterocycles. The largest absolute Gasteiger partial charge is 0.294 e. The van der Waals surface area contributed by atoms with Crippen LogP contribution in [0.15, 0.2) is 21.1 Å². The molecule has 0 saturated heterocycles. The van der Waals surface area contributed by atoms with Gasteiger partial charge in [-0.05, 0) is 43.7 Å². The van der Waals surface area contributed by atoms with Gasteiger partial charge in [0.1, 0.15) is 0 Å². The van der Waals surface area contributed by atoms with Gasteiger partial charge in [0, 0.05) is 12.8 Å². The van der Waals surface area contributed by atoms with Gasteiger partial charge in [0.2, 0.25) is 0 Å². The van der Waals surface area contributed by atoms with E-state index in [1.54, 1.807) is 0 Å². The van der Waals surface area contributed by atoms with E-state index in [4.69, 9.17) is 0 Å². The van der Waals surface area contributed by atoms with Gasteiger partial charge < -0.3 is 0 Å². The highest BCUT2D eigenvalue weighted by molar-refractivity contribution is 9.12. The zero-order valence-electron chi connectivity index (χ0n) is 7.30. The van der Waals surface area contributed by atoms with E-state index in [0.717, 1.165) is 0 Å². The van der Waals surface area contributed by atoms with Crippen LogP contribution in [0.5, 0.6) is 0 Å². The van der Waals surface area contributed by atoms with E-state index >= 15 is 0 Å². The molecule has 74 valence electrons. The Bertz CT molecular complexity index is 332. The number of hydrogen-bond donors (Lipinski definition) is 0. The average Bonchev–Trinajstić information content (AvgIpc) is 2.11. The first-order chi connectivity index (χ1) is 6.58. The van der Waals surface area contributed by atoms with Gasteiger partial charge >= 0.3 is 0 Å². The topological polar surface area (TPSA) is 34.1 Å². The lowest BCUT2D eigenvalue weighted by molar-refractivity contribution is -0.119. The van der Waals surface area contributed by atoms with Crippen LogP contribution in [0.2, 0.25) is 0 Å². The number of carbonyl (C=O) groups excluding carboxylic acids is 2. The first kappa shape index (κ1) is 10.3. The van der Waals surface area contributed by atoms with Gasteiger partial charge in [-0.15, -0.1) is 0 Å². The summed E-state index contributed by atoms with van der Waals surface area (Å²) in [6, 6.07) is 0. The fourth-order valence-corrected chi connectivity index (χ4v) is 2.86. The predicted octanol–water partition coefficient (Wildman–Crippen LogP) is 2.72. The Hall–Kier alpha value is -0.220. The van der Waals surface area contributed by atoms with Crippen molar-refractivity contribution < 1.29 is 9.59 Å². The van der Waals surface area contributed by atoms with Crippen LogP contribution in [0.3, 0.4) is 0 Å². The zero-order valence-corrected chi connectivity index (χ0v) is 10.5. The zero-order chi connectivity index (χ0) is 10.3. The molecule has 2 aliphatic rings. The van der Waals surface area contributed by atoms with E-state index < -0.39 is 0 Å². The van der Waals surface area contributed by atoms with Crippen LogP contribution < -0.4 is 0 Å². The Morgan fingerprint density at radius 1 is 0.929 bits per heavy atom. The molecule has 0 heterocycles. The average molecular weight is 320 g/mol. The van der Waals surface area contributed by atoms with Gasteiger partial charge in [-0.1, -0.05) is 12.2 Å². The van der Waals surface area contributed by atoms with Crippen LogP contribution in [0.4, 0.5) is 0 Å². The summed E-state index contributed by atoms with van der Waals surface area (Å²) in [5.41, 5.74) is 0. The smallest absolute Gasteiger partial charge is 0.170 e. The molecule has 2 atom stereocenters. The molecule has 0 aromatic rings. The number of allylic oxidation sites excluding steroid dienone is 4. The molecule has 0 radical (unpaired) electrons. The number of fused-ring (bicyclic) bond motifs is 1. The normalized spacial score (nSPS) is 32.1. The Labute approximate surface area is 98.7 Å². The third-order valence-electron chi connectivity index (χ3n) is 2.65. The minimum atomic E-state index is 0.122. The maximum atomic E-state index is 11.4. The lowest BCUT2D eigenvalue weighted by Crippen LogP contribution is -2.27. The second kappa shape index (κ2) is 3.74. The minimum absolute atomic E-state index is 0.122. The van der Waals surface area contributed by atoms with E-state index in [1.165, 1.54) is 0 Å². The summed E-state index contributed by atoms with van der Waals surface area (Å²) in [6.45, 7) is 0. The fourth-order valence-electron chi connectivity index (χ4n) is 1.85. The van der Waals surface area contributed by atoms with Crippen molar-refractivity contribution in [3.8, 4) is 0 Å². The highest BCUT2D eigenvalue weighted by atomic mass is 79.9. The van der Waals surface area contributed by atoms with Crippen molar-refractivity contribution >= 4 is 43.4 Å². The molecule has 0 amide bonds. The number of hydrogen-bond acceptors (Lipinski definition) is 2. The first-order valence-electron chi connectivity index (χ1n) is 4.39. The summed E-state index contributed by atoms with van der Waals surface area (Å²) in [6.07, 6.45) is 4.74. The number of rotatable bonds is 0. The summed E-state index contributed by atoms with van der Waals surface area (Å²) >= 11 is 6.44. The van der Waals surface area contributed by atoms with Crippen LogP contribution in [-0.4, -0.2) is 11.6 Å². The van der Waals surface area contributed by atoms with Crippen LogP contribution in [0, 0.1) is 11.8 Å². The Morgan fingerprint density at radius 2 is 1.29 bits per heavy atom. The molecule has 0 saturated carbocycles. The van der Waals surface area contributed by atoms with Crippen molar-refractivity contribution in [1.82, 2.24) is 0 Å². The minimum Gasteiger partial charge on any atom is -0.294 e. The van der Waals surface area contributed by atoms with Gasteiger partial charge in [0.15, 0.2) is 11.6 Å². The lowest BCUT2D eigenvalue weighted by Gasteiger charge is -2.28. The molecule has 0 fully saturated rings. The molecular formula is C10H8Br2O2. The fraction of sp³-hybridized carbons (Fsp3) is 0.400. The molecule has 14 heavy (non-hydrogen) atoms. The van der Waals surface area contributed by atoms with E-state index in [0.29, 0.717) is 21.8 Å². The summed E-state index contributed by atoms with van der Waals surface area (Å²) in [5.74, 6) is 0.626. The monoisotopic (exact) mass is 318 g/mol. The van der Waals surface area contributed by atoms with Crippen molar-refractivity contribution in [2.75, 3.05) is 0 Å². The summed E-state index contributed by atoms with van der Waals surface area (Å²) in [5, 5.41) is 0. The summed E-state index contributed by atoms with van der Waals surface area (Å²) in [7, 11) is 0. The molecule has 0 N–H and O–H groups in total. The molecule has 2 unspecified atom stereocenters. The van der Waals surface area contributed by atoms with E-state index in [1.807, 2.05) is 12.2 Å². The third kappa shape index (κ3) is 1.77. The molecule has 0 spiro atoms. The quantitative estimate of drug-likeness (QED) is 0.688. The van der Waals surface area contributed by atoms with E-state index in [-0.39, 0.29) is 23.4 Å². The van der Waals surface area contributed by atoms with Crippen LogP contribution in [-0.2, 0) is 9.59 Å². The number of carbonyl (C=O) groups is 2. The first-order valence-corrected chi connectivity index (χ1v) is 5.97. The number of Topliss-reactive ketones (excluding diaryl/α,β-unsaturated/α-hetero) is 2. The Morgan fingerprint density at radius 3 is 1.64 bits per heavy atom. The van der Waals surface area contributed by atoms with E-state index in [2.05, 4.69) is 31.9 Å². The SMILES string of the molecule is O=C1CC2C=C(Br)C(=O)CC2C=C1Br. The highest BCUT2D eigenvalue weighted by Gasteiger charge is 2.33. The van der Waals surface area contributed by atoms with Gasteiger partial charge in [-0.3, -0.25) is 9.59 Å². The highest BCUT2D eigenvalue weighted by Crippen LogP contribution is 2.37. The molecular weight excluding hydrogens is 312 g/mol. The van der Waals surface area contributed by atoms with Crippen molar-refractivity contribution in [3.05, 3.63) is 21.1 Å². The molecule has 0 bridgehead atoms. The van der Waals surface area contributed by atoms with Gasteiger partial charge in [-0.2, -0.15) is 0 Å². The second-order valence-electron chi connectivity index (χ2n) is 3.61. The Kier molecular flexibility index (Phi) is 2.75. The van der Waals surface area contributed by atoms with Crippen LogP contribution >= 0.6 is 31.9 Å². The predicted molar refractivity (Wildman–Crippen MR) is 60.2 cm³/mol. The molecule has 2 nitrogen and oxygen atoms in total. The maximum absolute atomic E-state index is 11.4. The lowest BCUT2D eigenvalue weighted by atomic mass is 9.77. The number of halogens is 2. The van der Waals surface area contributed by atoms with Crippen LogP contribution in [0.25, 0.3) is 0 Å². The van der Waals surface area contributed by atoms with E-state index in [9.17, 15) is 9.59 Å². The third-order valence-corrected chi connectivity index (χ3v) is 4.06. The van der Waals surface area contributed by atoms with Gasteiger partial charge in [0.25, 0.3) is 0 Å². The standard InChI is InChI=1S/C10H8Br2O2/c11-7-1-5-3-10(14)8(12)2-6(5)4-9(7)13/h1-2,5-6H,3-4H2. The molecule has 0 aromatic carbocycles. The molecule has 4 heteroatoms. The van der Waals surface area contributed by atoms with Crippen molar-refractivity contribution in [2.24, 2.45) is 11.8 Å². The molecule has 2 aliphatic carbocycles. The van der Waals surface area contributed by atoms with Crippen LogP contribution in [0.1, 0.15) is 12.8 Å². The molecule has 2 rings (SSSR count). The van der Waals surface area contributed by atoms with Crippen molar-refractivity contribution in [3.63, 3.8) is 0 Å². The Balaban J connectivity index is 2.33. The van der Waals surface area contributed by atoms with Crippen molar-refractivity contribution in [2.45, 2.75) is 12.8 Å². The van der Waals surface area contributed by atoms with Gasteiger partial charge in [-0.25, -0.2) is 0 Å². The van der Waals surface area contributed by atoms with Gasteiger partial charge in [0.05, 0.1) is 8.96 Å².